The van der Waals surface area contributed by atoms with Crippen LogP contribution < -0.4 is 4.74 Å². The molecule has 8 heteroatoms. The summed E-state index contributed by atoms with van der Waals surface area (Å²) in [6.07, 6.45) is 1.12. The Morgan fingerprint density at radius 2 is 2.19 bits per heavy atom. The van der Waals surface area contributed by atoms with E-state index in [2.05, 4.69) is 10.1 Å². The highest BCUT2D eigenvalue weighted by Crippen LogP contribution is 2.35. The van der Waals surface area contributed by atoms with Gasteiger partial charge in [0.1, 0.15) is 5.60 Å². The van der Waals surface area contributed by atoms with Crippen molar-refractivity contribution in [3.05, 3.63) is 29.8 Å². The molecule has 146 valence electrons. The molecular weight excluding hydrogens is 353 g/mol. The molecule has 1 amide bonds. The average molecular weight is 377 g/mol. The Balaban J connectivity index is 1.86. The molecule has 7 nitrogen and oxygen atoms in total. The van der Waals surface area contributed by atoms with Gasteiger partial charge >= 0.3 is 6.09 Å². The van der Waals surface area contributed by atoms with Crippen LogP contribution in [0.5, 0.6) is 5.75 Å². The predicted molar refractivity (Wildman–Crippen MR) is 95.8 cm³/mol. The second kappa shape index (κ2) is 7.54. The molecule has 27 heavy (non-hydrogen) atoms. The van der Waals surface area contributed by atoms with Gasteiger partial charge in [0.2, 0.25) is 0 Å². The lowest BCUT2D eigenvalue weighted by Crippen LogP contribution is -2.36. The SMILES string of the molecule is CCOc1c(F)cccc1-c1nc([C@@H]2CCCN2C(=O)OC(C)(C)C)no1. The van der Waals surface area contributed by atoms with Crippen molar-refractivity contribution in [3.63, 3.8) is 0 Å². The molecule has 1 aliphatic heterocycles. The van der Waals surface area contributed by atoms with Crippen LogP contribution in [0.25, 0.3) is 11.5 Å². The van der Waals surface area contributed by atoms with Crippen LogP contribution in [0.4, 0.5) is 9.18 Å². The summed E-state index contributed by atoms with van der Waals surface area (Å²) in [5.74, 6) is 0.111. The van der Waals surface area contributed by atoms with Crippen LogP contribution in [-0.4, -0.2) is 39.9 Å². The minimum atomic E-state index is -0.583. The van der Waals surface area contributed by atoms with Gasteiger partial charge in [0, 0.05) is 6.54 Å². The van der Waals surface area contributed by atoms with Crippen molar-refractivity contribution >= 4 is 6.09 Å². The normalized spacial score (nSPS) is 17.2. The van der Waals surface area contributed by atoms with Crippen molar-refractivity contribution in [2.75, 3.05) is 13.2 Å². The molecule has 0 spiro atoms. The third kappa shape index (κ3) is 4.20. The lowest BCUT2D eigenvalue weighted by atomic mass is 10.2. The lowest BCUT2D eigenvalue weighted by Gasteiger charge is -2.27. The van der Waals surface area contributed by atoms with Crippen LogP contribution >= 0.6 is 0 Å². The minimum absolute atomic E-state index is 0.0746. The number of para-hydroxylation sites is 1. The summed E-state index contributed by atoms with van der Waals surface area (Å²) in [7, 11) is 0. The molecule has 1 fully saturated rings. The predicted octanol–water partition coefficient (Wildman–Crippen LogP) is 4.35. The molecule has 1 atom stereocenters. The quantitative estimate of drug-likeness (QED) is 0.788. The van der Waals surface area contributed by atoms with Gasteiger partial charge in [-0.2, -0.15) is 4.98 Å². The van der Waals surface area contributed by atoms with Crippen molar-refractivity contribution in [1.82, 2.24) is 15.0 Å². The Labute approximate surface area is 157 Å². The highest BCUT2D eigenvalue weighted by atomic mass is 19.1. The Morgan fingerprint density at radius 1 is 1.41 bits per heavy atom. The van der Waals surface area contributed by atoms with E-state index < -0.39 is 17.5 Å². The summed E-state index contributed by atoms with van der Waals surface area (Å²) < 4.78 is 30.3. The van der Waals surface area contributed by atoms with Gasteiger partial charge in [0.05, 0.1) is 18.2 Å². The number of hydrogen-bond acceptors (Lipinski definition) is 6. The summed E-state index contributed by atoms with van der Waals surface area (Å²) >= 11 is 0. The van der Waals surface area contributed by atoms with Gasteiger partial charge in [0.25, 0.3) is 5.89 Å². The molecule has 0 bridgehead atoms. The molecular formula is C19H24FN3O4. The van der Waals surface area contributed by atoms with E-state index in [-0.39, 0.29) is 17.7 Å². The molecule has 0 saturated carbocycles. The molecule has 0 aliphatic carbocycles. The first-order valence-corrected chi connectivity index (χ1v) is 9.05. The fourth-order valence-electron chi connectivity index (χ4n) is 3.02. The maximum absolute atomic E-state index is 14.1. The fourth-order valence-corrected chi connectivity index (χ4v) is 3.02. The number of benzene rings is 1. The van der Waals surface area contributed by atoms with Crippen LogP contribution in [0.3, 0.4) is 0 Å². The largest absolute Gasteiger partial charge is 0.490 e. The Kier molecular flexibility index (Phi) is 5.34. The lowest BCUT2D eigenvalue weighted by molar-refractivity contribution is 0.0217. The molecule has 1 aromatic carbocycles. The number of aromatic nitrogens is 2. The number of hydrogen-bond donors (Lipinski definition) is 0. The molecule has 0 N–H and O–H groups in total. The van der Waals surface area contributed by atoms with Crippen molar-refractivity contribution in [3.8, 4) is 17.2 Å². The first-order chi connectivity index (χ1) is 12.8. The first-order valence-electron chi connectivity index (χ1n) is 9.05. The Bertz CT molecular complexity index is 816. The van der Waals surface area contributed by atoms with Gasteiger partial charge < -0.3 is 14.0 Å². The zero-order valence-electron chi connectivity index (χ0n) is 16.0. The maximum Gasteiger partial charge on any atom is 0.410 e. The fraction of sp³-hybridized carbons (Fsp3) is 0.526. The van der Waals surface area contributed by atoms with Gasteiger partial charge in [-0.15, -0.1) is 0 Å². The summed E-state index contributed by atoms with van der Waals surface area (Å²) in [6, 6.07) is 4.19. The average Bonchev–Trinajstić information content (AvgIpc) is 3.23. The Hall–Kier alpha value is -2.64. The van der Waals surface area contributed by atoms with E-state index in [1.54, 1.807) is 24.0 Å². The van der Waals surface area contributed by atoms with E-state index in [4.69, 9.17) is 14.0 Å². The number of halogens is 1. The van der Waals surface area contributed by atoms with Crippen molar-refractivity contribution in [1.29, 1.82) is 0 Å². The molecule has 2 aromatic rings. The van der Waals surface area contributed by atoms with Crippen molar-refractivity contribution in [2.45, 2.75) is 52.2 Å². The number of carbonyl (C=O) groups excluding carboxylic acids is 1. The van der Waals surface area contributed by atoms with Gasteiger partial charge in [-0.1, -0.05) is 11.2 Å². The third-order valence-electron chi connectivity index (χ3n) is 4.11. The van der Waals surface area contributed by atoms with Crippen molar-refractivity contribution < 1.29 is 23.2 Å². The summed E-state index contributed by atoms with van der Waals surface area (Å²) in [5, 5.41) is 4.02. The third-order valence-corrected chi connectivity index (χ3v) is 4.11. The Morgan fingerprint density at radius 3 is 2.89 bits per heavy atom. The molecule has 3 rings (SSSR count). The van der Waals surface area contributed by atoms with E-state index in [9.17, 15) is 9.18 Å². The first kappa shape index (κ1) is 19.1. The monoisotopic (exact) mass is 377 g/mol. The summed E-state index contributed by atoms with van der Waals surface area (Å²) in [4.78, 5) is 18.5. The molecule has 1 aliphatic rings. The van der Waals surface area contributed by atoms with E-state index in [1.165, 1.54) is 6.07 Å². The standard InChI is InChI=1S/C19H24FN3O4/c1-5-25-15-12(8-6-9-13(15)20)17-21-16(22-27-17)14-10-7-11-23(14)18(24)26-19(2,3)4/h6,8-9,14H,5,7,10-11H2,1-4H3/t14-/m0/s1. The summed E-state index contributed by atoms with van der Waals surface area (Å²) in [6.45, 7) is 8.11. The highest BCUT2D eigenvalue weighted by molar-refractivity contribution is 5.69. The van der Waals surface area contributed by atoms with Crippen LogP contribution in [0.1, 0.15) is 52.4 Å². The van der Waals surface area contributed by atoms with Crippen LogP contribution in [0.15, 0.2) is 22.7 Å². The number of carbonyl (C=O) groups is 1. The van der Waals surface area contributed by atoms with Crippen molar-refractivity contribution in [2.24, 2.45) is 0 Å². The van der Waals surface area contributed by atoms with E-state index in [0.29, 0.717) is 31.0 Å². The van der Waals surface area contributed by atoms with Crippen LogP contribution in [-0.2, 0) is 4.74 Å². The van der Waals surface area contributed by atoms with E-state index in [1.807, 2.05) is 20.8 Å². The number of ether oxygens (including phenoxy) is 2. The number of rotatable bonds is 4. The van der Waals surface area contributed by atoms with Crippen LogP contribution in [0.2, 0.25) is 0 Å². The molecule has 2 heterocycles. The number of nitrogens with zero attached hydrogens (tertiary/aromatic N) is 3. The van der Waals surface area contributed by atoms with Gasteiger partial charge in [-0.25, -0.2) is 9.18 Å². The zero-order chi connectivity index (χ0) is 19.6. The van der Waals surface area contributed by atoms with Crippen LogP contribution in [0, 0.1) is 5.82 Å². The zero-order valence-corrected chi connectivity index (χ0v) is 16.0. The maximum atomic E-state index is 14.1. The number of likely N-dealkylation sites (tertiary alicyclic amines) is 1. The van der Waals surface area contributed by atoms with Gasteiger partial charge in [0.15, 0.2) is 17.4 Å². The van der Waals surface area contributed by atoms with E-state index >= 15 is 0 Å². The van der Waals surface area contributed by atoms with E-state index in [0.717, 1.165) is 6.42 Å². The highest BCUT2D eigenvalue weighted by Gasteiger charge is 2.36. The van der Waals surface area contributed by atoms with Gasteiger partial charge in [-0.05, 0) is 52.7 Å². The second-order valence-corrected chi connectivity index (χ2v) is 7.34. The van der Waals surface area contributed by atoms with Gasteiger partial charge in [-0.3, -0.25) is 4.90 Å². The molecule has 0 unspecified atom stereocenters. The number of amides is 1. The molecule has 0 radical (unpaired) electrons. The molecule has 1 saturated heterocycles. The summed E-state index contributed by atoms with van der Waals surface area (Å²) in [5.41, 5.74) is -0.196. The minimum Gasteiger partial charge on any atom is -0.490 e. The smallest absolute Gasteiger partial charge is 0.410 e. The molecule has 1 aromatic heterocycles. The second-order valence-electron chi connectivity index (χ2n) is 7.34. The topological polar surface area (TPSA) is 77.7 Å².